The fraction of sp³-hybridized carbons (Fsp3) is 0.276. The zero-order valence-electron chi connectivity index (χ0n) is 19.4. The molecule has 0 unspecified atom stereocenters. The van der Waals surface area contributed by atoms with Crippen molar-refractivity contribution in [3.05, 3.63) is 94.2 Å². The van der Waals surface area contributed by atoms with Crippen molar-refractivity contribution >= 4 is 16.7 Å². The topological polar surface area (TPSA) is 54.7 Å². The van der Waals surface area contributed by atoms with Gasteiger partial charge in [0.2, 0.25) is 5.78 Å². The fourth-order valence-corrected chi connectivity index (χ4v) is 5.46. The number of nitrogens with zero attached hydrogens (tertiary/aromatic N) is 2. The minimum Gasteiger partial charge on any atom is -0.508 e. The average molecular weight is 453 g/mol. The number of benzene rings is 3. The van der Waals surface area contributed by atoms with Crippen molar-refractivity contribution in [2.45, 2.75) is 26.3 Å². The molecule has 2 aliphatic rings. The largest absolute Gasteiger partial charge is 0.508 e. The SMILES string of the molecule is Cc1ccc(-n2c3c(c4c(CN5CCOCC5)c(O)ccc42)CCc2ccccc2C3=O)cc1. The number of carbonyl (C=O) groups excluding carboxylic acids is 1. The molecule has 0 spiro atoms. The Morgan fingerprint density at radius 1 is 0.941 bits per heavy atom. The third kappa shape index (κ3) is 3.44. The van der Waals surface area contributed by atoms with Crippen LogP contribution < -0.4 is 0 Å². The van der Waals surface area contributed by atoms with Crippen molar-refractivity contribution in [2.24, 2.45) is 0 Å². The van der Waals surface area contributed by atoms with E-state index in [9.17, 15) is 9.90 Å². The number of hydrogen-bond acceptors (Lipinski definition) is 4. The molecule has 1 aliphatic carbocycles. The summed E-state index contributed by atoms with van der Waals surface area (Å²) in [6.07, 6.45) is 1.56. The molecule has 1 aromatic heterocycles. The molecule has 2 heterocycles. The Morgan fingerprint density at radius 3 is 2.50 bits per heavy atom. The monoisotopic (exact) mass is 452 g/mol. The van der Waals surface area contributed by atoms with Crippen molar-refractivity contribution in [3.63, 3.8) is 0 Å². The molecular formula is C29H28N2O3. The molecule has 0 bridgehead atoms. The summed E-state index contributed by atoms with van der Waals surface area (Å²) in [6, 6.07) is 20.0. The van der Waals surface area contributed by atoms with Crippen LogP contribution in [-0.4, -0.2) is 46.7 Å². The quantitative estimate of drug-likeness (QED) is 0.485. The minimum absolute atomic E-state index is 0.0525. The molecule has 1 saturated heterocycles. The summed E-state index contributed by atoms with van der Waals surface area (Å²) in [4.78, 5) is 16.4. The van der Waals surface area contributed by atoms with Gasteiger partial charge in [-0.3, -0.25) is 9.69 Å². The highest BCUT2D eigenvalue weighted by Gasteiger charge is 2.31. The lowest BCUT2D eigenvalue weighted by Crippen LogP contribution is -2.35. The molecule has 1 aliphatic heterocycles. The van der Waals surface area contributed by atoms with E-state index in [1.807, 2.05) is 24.3 Å². The maximum absolute atomic E-state index is 14.0. The van der Waals surface area contributed by atoms with Gasteiger partial charge in [-0.1, -0.05) is 42.0 Å². The lowest BCUT2D eigenvalue weighted by molar-refractivity contribution is 0.0341. The van der Waals surface area contributed by atoms with Gasteiger partial charge in [-0.25, -0.2) is 0 Å². The smallest absolute Gasteiger partial charge is 0.210 e. The van der Waals surface area contributed by atoms with E-state index >= 15 is 0 Å². The zero-order valence-corrected chi connectivity index (χ0v) is 19.4. The number of phenols is 1. The van der Waals surface area contributed by atoms with Crippen LogP contribution in [-0.2, 0) is 24.1 Å². The first-order chi connectivity index (χ1) is 16.6. The molecule has 5 nitrogen and oxygen atoms in total. The first kappa shape index (κ1) is 21.1. The second kappa shape index (κ2) is 8.42. The molecule has 1 N–H and O–H groups in total. The van der Waals surface area contributed by atoms with Crippen LogP contribution in [0.15, 0.2) is 60.7 Å². The Morgan fingerprint density at radius 2 is 1.71 bits per heavy atom. The highest BCUT2D eigenvalue weighted by Crippen LogP contribution is 2.40. The van der Waals surface area contributed by atoms with Gasteiger partial charge >= 0.3 is 0 Å². The molecule has 0 radical (unpaired) electrons. The average Bonchev–Trinajstić information content (AvgIpc) is 3.12. The van der Waals surface area contributed by atoms with Gasteiger partial charge in [-0.15, -0.1) is 0 Å². The molecule has 0 amide bonds. The van der Waals surface area contributed by atoms with Crippen LogP contribution in [0.4, 0.5) is 0 Å². The predicted molar refractivity (Wildman–Crippen MR) is 133 cm³/mol. The molecule has 4 aromatic rings. The zero-order chi connectivity index (χ0) is 23.2. The number of carbonyl (C=O) groups is 1. The Kier molecular flexibility index (Phi) is 5.24. The number of rotatable bonds is 3. The Hall–Kier alpha value is -3.41. The van der Waals surface area contributed by atoms with Crippen molar-refractivity contribution in [1.82, 2.24) is 9.47 Å². The maximum atomic E-state index is 14.0. The number of aromatic hydroxyl groups is 1. The van der Waals surface area contributed by atoms with E-state index in [1.165, 1.54) is 5.56 Å². The van der Waals surface area contributed by atoms with Crippen LogP contribution in [0, 0.1) is 6.92 Å². The lowest BCUT2D eigenvalue weighted by atomic mass is 9.99. The molecule has 3 aromatic carbocycles. The van der Waals surface area contributed by atoms with Crippen LogP contribution in [0.1, 0.15) is 38.3 Å². The third-order valence-electron chi connectivity index (χ3n) is 7.22. The molecule has 34 heavy (non-hydrogen) atoms. The second-order valence-corrected chi connectivity index (χ2v) is 9.33. The Bertz CT molecular complexity index is 1400. The van der Waals surface area contributed by atoms with Gasteiger partial charge in [-0.2, -0.15) is 0 Å². The standard InChI is InChI=1S/C29H28N2O3/c1-19-6-9-21(10-7-19)31-25-12-13-26(32)24(18-30-14-16-34-17-15-30)27(25)23-11-8-20-4-2-3-5-22(20)29(33)28(23)31/h2-7,9-10,12-13,32H,8,11,14-18H2,1H3. The Labute approximate surface area is 199 Å². The summed E-state index contributed by atoms with van der Waals surface area (Å²) in [5.41, 5.74) is 7.64. The number of ether oxygens (including phenoxy) is 1. The summed E-state index contributed by atoms with van der Waals surface area (Å²) in [6.45, 7) is 5.78. The van der Waals surface area contributed by atoms with E-state index in [0.29, 0.717) is 19.8 Å². The number of hydrogen-bond donors (Lipinski definition) is 1. The second-order valence-electron chi connectivity index (χ2n) is 9.33. The summed E-state index contributed by atoms with van der Waals surface area (Å²) < 4.78 is 7.64. The van der Waals surface area contributed by atoms with Gasteiger partial charge < -0.3 is 14.4 Å². The summed E-state index contributed by atoms with van der Waals surface area (Å²) >= 11 is 0. The molecule has 5 heteroatoms. The molecule has 1 fully saturated rings. The van der Waals surface area contributed by atoms with Crippen molar-refractivity contribution in [3.8, 4) is 11.4 Å². The van der Waals surface area contributed by atoms with E-state index in [2.05, 4.69) is 46.7 Å². The molecule has 6 rings (SSSR count). The van der Waals surface area contributed by atoms with Crippen molar-refractivity contribution in [2.75, 3.05) is 26.3 Å². The molecule has 0 saturated carbocycles. The highest BCUT2D eigenvalue weighted by molar-refractivity contribution is 6.14. The fourth-order valence-electron chi connectivity index (χ4n) is 5.46. The molecular weight excluding hydrogens is 424 g/mol. The minimum atomic E-state index is 0.0525. The number of ketones is 1. The van der Waals surface area contributed by atoms with Crippen molar-refractivity contribution in [1.29, 1.82) is 0 Å². The van der Waals surface area contributed by atoms with Crippen LogP contribution in [0.2, 0.25) is 0 Å². The number of phenolic OH excluding ortho intramolecular Hbond substituents is 1. The Balaban J connectivity index is 1.63. The summed E-state index contributed by atoms with van der Waals surface area (Å²) in [5.74, 6) is 0.341. The van der Waals surface area contributed by atoms with Gasteiger partial charge in [0.1, 0.15) is 5.75 Å². The number of fused-ring (bicyclic) bond motifs is 4. The predicted octanol–water partition coefficient (Wildman–Crippen LogP) is 4.81. The molecule has 172 valence electrons. The van der Waals surface area contributed by atoms with Crippen LogP contribution in [0.25, 0.3) is 16.6 Å². The van der Waals surface area contributed by atoms with Gasteiger partial charge in [0, 0.05) is 41.8 Å². The maximum Gasteiger partial charge on any atom is 0.210 e. The first-order valence-corrected chi connectivity index (χ1v) is 12.0. The summed E-state index contributed by atoms with van der Waals surface area (Å²) in [7, 11) is 0. The van der Waals surface area contributed by atoms with E-state index < -0.39 is 0 Å². The van der Waals surface area contributed by atoms with Gasteiger partial charge in [-0.05, 0) is 55.2 Å². The van der Waals surface area contributed by atoms with Crippen LogP contribution in [0.5, 0.6) is 5.75 Å². The number of aromatic nitrogens is 1. The first-order valence-electron chi connectivity index (χ1n) is 12.0. The number of morpholine rings is 1. The summed E-state index contributed by atoms with van der Waals surface area (Å²) in [5, 5.41) is 12.0. The third-order valence-corrected chi connectivity index (χ3v) is 7.22. The van der Waals surface area contributed by atoms with E-state index in [1.54, 1.807) is 6.07 Å². The van der Waals surface area contributed by atoms with Crippen LogP contribution in [0.3, 0.4) is 0 Å². The van der Waals surface area contributed by atoms with Crippen LogP contribution >= 0.6 is 0 Å². The van der Waals surface area contributed by atoms with Gasteiger partial charge in [0.15, 0.2) is 0 Å². The number of aryl methyl sites for hydroxylation is 3. The van der Waals surface area contributed by atoms with E-state index in [-0.39, 0.29) is 11.5 Å². The molecule has 0 atom stereocenters. The van der Waals surface area contributed by atoms with Crippen molar-refractivity contribution < 1.29 is 14.6 Å². The normalized spacial score (nSPS) is 16.3. The lowest BCUT2D eigenvalue weighted by Gasteiger charge is -2.27. The van der Waals surface area contributed by atoms with E-state index in [4.69, 9.17) is 4.74 Å². The highest BCUT2D eigenvalue weighted by atomic mass is 16.5. The van der Waals surface area contributed by atoms with E-state index in [0.717, 1.165) is 70.5 Å². The van der Waals surface area contributed by atoms with Gasteiger partial charge in [0.05, 0.1) is 24.4 Å². The van der Waals surface area contributed by atoms with Gasteiger partial charge in [0.25, 0.3) is 0 Å².